The highest BCUT2D eigenvalue weighted by atomic mass is 35.5. The van der Waals surface area contributed by atoms with E-state index in [2.05, 4.69) is 13.0 Å². The van der Waals surface area contributed by atoms with E-state index in [1.807, 2.05) is 30.3 Å². The average molecular weight is 331 g/mol. The summed E-state index contributed by atoms with van der Waals surface area (Å²) in [5, 5.41) is 10.7. The van der Waals surface area contributed by atoms with Gasteiger partial charge in [0, 0.05) is 5.02 Å². The van der Waals surface area contributed by atoms with E-state index in [4.69, 9.17) is 16.3 Å². The van der Waals surface area contributed by atoms with E-state index in [0.717, 1.165) is 36.1 Å². The van der Waals surface area contributed by atoms with Crippen molar-refractivity contribution in [3.05, 3.63) is 64.2 Å². The van der Waals surface area contributed by atoms with Crippen molar-refractivity contribution in [2.45, 2.75) is 32.6 Å². The number of rotatable bonds is 7. The summed E-state index contributed by atoms with van der Waals surface area (Å²) in [5.41, 5.74) is 3.29. The molecule has 2 rings (SSSR count). The first-order chi connectivity index (χ1) is 11.1. The van der Waals surface area contributed by atoms with Crippen molar-refractivity contribution in [2.75, 3.05) is 7.11 Å². The Kier molecular flexibility index (Phi) is 6.54. The van der Waals surface area contributed by atoms with Gasteiger partial charge < -0.3 is 9.84 Å². The number of ether oxygens (including phenoxy) is 1. The van der Waals surface area contributed by atoms with Crippen LogP contribution in [-0.4, -0.2) is 12.2 Å². The van der Waals surface area contributed by atoms with E-state index < -0.39 is 0 Å². The molecule has 3 heteroatoms. The zero-order chi connectivity index (χ0) is 16.7. The first-order valence-electron chi connectivity index (χ1n) is 7.93. The van der Waals surface area contributed by atoms with Crippen LogP contribution in [-0.2, 0) is 6.42 Å². The highest BCUT2D eigenvalue weighted by molar-refractivity contribution is 6.30. The molecule has 0 aliphatic rings. The van der Waals surface area contributed by atoms with E-state index in [0.29, 0.717) is 17.2 Å². The van der Waals surface area contributed by atoms with Crippen LogP contribution in [0.3, 0.4) is 0 Å². The third kappa shape index (κ3) is 5.33. The molecule has 0 radical (unpaired) electrons. The molecule has 0 saturated heterocycles. The number of phenolic OH excluding ortho intramolecular Hbond substituents is 1. The summed E-state index contributed by atoms with van der Waals surface area (Å²) < 4.78 is 5.20. The van der Waals surface area contributed by atoms with Gasteiger partial charge in [-0.15, -0.1) is 0 Å². The van der Waals surface area contributed by atoms with Crippen LogP contribution in [0.4, 0.5) is 0 Å². The number of aromatic hydroxyl groups is 1. The molecule has 0 spiro atoms. The van der Waals surface area contributed by atoms with Gasteiger partial charge in [-0.25, -0.2) is 0 Å². The first-order valence-corrected chi connectivity index (χ1v) is 8.31. The highest BCUT2D eigenvalue weighted by Gasteiger charge is 2.06. The van der Waals surface area contributed by atoms with Crippen LogP contribution in [0.15, 0.2) is 48.0 Å². The molecule has 122 valence electrons. The van der Waals surface area contributed by atoms with Gasteiger partial charge in [-0.1, -0.05) is 48.7 Å². The maximum Gasteiger partial charge on any atom is 0.119 e. The predicted octanol–water partition coefficient (Wildman–Crippen LogP) is 5.87. The molecular weight excluding hydrogens is 308 g/mol. The quantitative estimate of drug-likeness (QED) is 0.687. The van der Waals surface area contributed by atoms with E-state index in [1.165, 1.54) is 5.57 Å². The lowest BCUT2D eigenvalue weighted by molar-refractivity contribution is 0.415. The Bertz CT molecular complexity index is 660. The molecule has 0 saturated carbocycles. The number of allylic oxidation sites excluding steroid dienone is 1. The summed E-state index contributed by atoms with van der Waals surface area (Å²) >= 11 is 6.05. The van der Waals surface area contributed by atoms with Crippen LogP contribution in [0.2, 0.25) is 5.02 Å². The molecule has 0 aromatic heterocycles. The standard InChI is InChI=1S/C20H23ClO2/c1-3-4-5-16(12-15-6-9-19(23-2)10-7-15)13-17-14-18(21)8-11-20(17)22/h6-12,14,22H,3-5,13H2,1-2H3/b16-12+. The minimum atomic E-state index is 0.298. The molecule has 1 N–H and O–H groups in total. The van der Waals surface area contributed by atoms with E-state index in [-0.39, 0.29) is 0 Å². The molecule has 2 nitrogen and oxygen atoms in total. The van der Waals surface area contributed by atoms with Crippen LogP contribution in [0.1, 0.15) is 37.3 Å². The number of hydrogen-bond acceptors (Lipinski definition) is 2. The number of methoxy groups -OCH3 is 1. The summed E-state index contributed by atoms with van der Waals surface area (Å²) in [5.74, 6) is 1.15. The van der Waals surface area contributed by atoms with Gasteiger partial charge >= 0.3 is 0 Å². The molecule has 2 aromatic rings. The molecule has 0 fully saturated rings. The zero-order valence-corrected chi connectivity index (χ0v) is 14.4. The van der Waals surface area contributed by atoms with Crippen LogP contribution in [0.25, 0.3) is 6.08 Å². The van der Waals surface area contributed by atoms with Gasteiger partial charge in [-0.05, 0) is 60.7 Å². The lowest BCUT2D eigenvalue weighted by Gasteiger charge is -2.10. The monoisotopic (exact) mass is 330 g/mol. The lowest BCUT2D eigenvalue weighted by atomic mass is 9.97. The van der Waals surface area contributed by atoms with Gasteiger partial charge in [-0.2, -0.15) is 0 Å². The van der Waals surface area contributed by atoms with Crippen LogP contribution in [0.5, 0.6) is 11.5 Å². The molecule has 0 bridgehead atoms. The van der Waals surface area contributed by atoms with E-state index in [1.54, 1.807) is 19.2 Å². The second kappa shape index (κ2) is 8.64. The normalized spacial score (nSPS) is 11.5. The Balaban J connectivity index is 2.24. The van der Waals surface area contributed by atoms with Crippen molar-refractivity contribution in [2.24, 2.45) is 0 Å². The van der Waals surface area contributed by atoms with Gasteiger partial charge in [0.25, 0.3) is 0 Å². The zero-order valence-electron chi connectivity index (χ0n) is 13.7. The molecule has 0 amide bonds. The molecule has 0 aliphatic carbocycles. The third-order valence-corrected chi connectivity index (χ3v) is 4.03. The summed E-state index contributed by atoms with van der Waals surface area (Å²) in [6.45, 7) is 2.18. The van der Waals surface area contributed by atoms with Crippen molar-refractivity contribution in [1.82, 2.24) is 0 Å². The largest absolute Gasteiger partial charge is 0.508 e. The van der Waals surface area contributed by atoms with Crippen molar-refractivity contribution in [3.8, 4) is 11.5 Å². The molecule has 0 atom stereocenters. The number of unbranched alkanes of at least 4 members (excludes halogenated alkanes) is 1. The Morgan fingerprint density at radius 3 is 2.57 bits per heavy atom. The van der Waals surface area contributed by atoms with Crippen molar-refractivity contribution < 1.29 is 9.84 Å². The van der Waals surface area contributed by atoms with Gasteiger partial charge in [0.2, 0.25) is 0 Å². The minimum absolute atomic E-state index is 0.298. The number of phenols is 1. The van der Waals surface area contributed by atoms with Gasteiger partial charge in [0.1, 0.15) is 11.5 Å². The number of hydrogen-bond donors (Lipinski definition) is 1. The Morgan fingerprint density at radius 1 is 1.17 bits per heavy atom. The average Bonchev–Trinajstić information content (AvgIpc) is 2.56. The Hall–Kier alpha value is -1.93. The summed E-state index contributed by atoms with van der Waals surface area (Å²) in [4.78, 5) is 0. The summed E-state index contributed by atoms with van der Waals surface area (Å²) in [7, 11) is 1.67. The van der Waals surface area contributed by atoms with Gasteiger partial charge in [0.05, 0.1) is 7.11 Å². The lowest BCUT2D eigenvalue weighted by Crippen LogP contribution is -1.93. The van der Waals surface area contributed by atoms with Crippen LogP contribution >= 0.6 is 11.6 Å². The molecule has 23 heavy (non-hydrogen) atoms. The Labute approximate surface area is 143 Å². The van der Waals surface area contributed by atoms with E-state index >= 15 is 0 Å². The van der Waals surface area contributed by atoms with Gasteiger partial charge in [0.15, 0.2) is 0 Å². The topological polar surface area (TPSA) is 29.5 Å². The first kappa shape index (κ1) is 17.4. The molecule has 0 heterocycles. The number of halogens is 1. The second-order valence-corrected chi connectivity index (χ2v) is 6.07. The predicted molar refractivity (Wildman–Crippen MR) is 97.3 cm³/mol. The smallest absolute Gasteiger partial charge is 0.119 e. The molecule has 0 unspecified atom stereocenters. The van der Waals surface area contributed by atoms with Crippen molar-refractivity contribution >= 4 is 17.7 Å². The Morgan fingerprint density at radius 2 is 1.91 bits per heavy atom. The SMILES string of the molecule is CCCC/C(=C\c1ccc(OC)cc1)Cc1cc(Cl)ccc1O. The highest BCUT2D eigenvalue weighted by Crippen LogP contribution is 2.27. The number of benzene rings is 2. The van der Waals surface area contributed by atoms with Crippen molar-refractivity contribution in [1.29, 1.82) is 0 Å². The van der Waals surface area contributed by atoms with Crippen molar-refractivity contribution in [3.63, 3.8) is 0 Å². The van der Waals surface area contributed by atoms with Crippen LogP contribution < -0.4 is 4.74 Å². The van der Waals surface area contributed by atoms with Gasteiger partial charge in [-0.3, -0.25) is 0 Å². The molecule has 2 aromatic carbocycles. The third-order valence-electron chi connectivity index (χ3n) is 3.80. The fraction of sp³-hybridized carbons (Fsp3) is 0.300. The maximum atomic E-state index is 10.0. The van der Waals surface area contributed by atoms with Crippen LogP contribution in [0, 0.1) is 0 Å². The second-order valence-electron chi connectivity index (χ2n) is 5.63. The fourth-order valence-corrected chi connectivity index (χ4v) is 2.69. The minimum Gasteiger partial charge on any atom is -0.508 e. The van der Waals surface area contributed by atoms with E-state index in [9.17, 15) is 5.11 Å². The fourth-order valence-electron chi connectivity index (χ4n) is 2.49. The molecule has 0 aliphatic heterocycles. The summed E-state index contributed by atoms with van der Waals surface area (Å²) in [6, 6.07) is 13.2. The molecular formula is C20H23ClO2. The maximum absolute atomic E-state index is 10.0. The summed E-state index contributed by atoms with van der Waals surface area (Å²) in [6.07, 6.45) is 6.17.